The Morgan fingerprint density at radius 2 is 1.86 bits per heavy atom. The van der Waals surface area contributed by atoms with Crippen LogP contribution in [0.3, 0.4) is 0 Å². The van der Waals surface area contributed by atoms with Crippen molar-refractivity contribution >= 4 is 5.97 Å². The van der Waals surface area contributed by atoms with Crippen molar-refractivity contribution in [2.45, 2.75) is 46.0 Å². The van der Waals surface area contributed by atoms with Gasteiger partial charge in [-0.3, -0.25) is 4.79 Å². The minimum atomic E-state index is -0.638. The van der Waals surface area contributed by atoms with E-state index in [1.807, 2.05) is 24.3 Å². The van der Waals surface area contributed by atoms with Gasteiger partial charge < -0.3 is 9.84 Å². The average Bonchev–Trinajstić information content (AvgIpc) is 2.48. The Morgan fingerprint density at radius 3 is 2.29 bits per heavy atom. The maximum absolute atomic E-state index is 11.9. The second-order valence-electron chi connectivity index (χ2n) is 6.69. The van der Waals surface area contributed by atoms with Crippen LogP contribution in [0, 0.1) is 17.3 Å². The van der Waals surface area contributed by atoms with E-state index in [2.05, 4.69) is 13.8 Å². The third kappa shape index (κ3) is 3.58. The highest BCUT2D eigenvalue weighted by molar-refractivity contribution is 5.75. The van der Waals surface area contributed by atoms with Crippen LogP contribution in [0.1, 0.15) is 45.1 Å². The smallest absolute Gasteiger partial charge is 0.309 e. The van der Waals surface area contributed by atoms with Crippen LogP contribution in [0.5, 0.6) is 5.75 Å². The first kappa shape index (κ1) is 15.9. The first-order valence-electron chi connectivity index (χ1n) is 7.83. The lowest BCUT2D eigenvalue weighted by atomic mass is 9.65. The van der Waals surface area contributed by atoms with Crippen molar-refractivity contribution in [3.8, 4) is 5.75 Å². The first-order valence-corrected chi connectivity index (χ1v) is 7.83. The van der Waals surface area contributed by atoms with E-state index in [-0.39, 0.29) is 0 Å². The summed E-state index contributed by atoms with van der Waals surface area (Å²) in [6, 6.07) is 7.78. The molecule has 0 bridgehead atoms. The molecule has 0 atom stereocenters. The molecule has 3 nitrogen and oxygen atoms in total. The van der Waals surface area contributed by atoms with Gasteiger partial charge in [-0.2, -0.15) is 0 Å². The zero-order valence-corrected chi connectivity index (χ0v) is 13.3. The SMILES string of the molecule is COc1ccc(CC2(C(=O)O)CCC(C(C)C)CC2)cc1. The Hall–Kier alpha value is -1.51. The molecule has 21 heavy (non-hydrogen) atoms. The number of rotatable bonds is 5. The Bertz CT molecular complexity index is 468. The van der Waals surface area contributed by atoms with Gasteiger partial charge in [0.05, 0.1) is 12.5 Å². The van der Waals surface area contributed by atoms with Gasteiger partial charge >= 0.3 is 5.97 Å². The molecular weight excluding hydrogens is 264 g/mol. The van der Waals surface area contributed by atoms with E-state index >= 15 is 0 Å². The van der Waals surface area contributed by atoms with Crippen molar-refractivity contribution in [2.75, 3.05) is 7.11 Å². The van der Waals surface area contributed by atoms with Crippen LogP contribution in [0.15, 0.2) is 24.3 Å². The van der Waals surface area contributed by atoms with Gasteiger partial charge in [0.2, 0.25) is 0 Å². The number of carboxylic acids is 1. The normalized spacial score (nSPS) is 25.8. The minimum absolute atomic E-state index is 0.583. The van der Waals surface area contributed by atoms with E-state index in [1.54, 1.807) is 7.11 Å². The molecule has 3 heteroatoms. The summed E-state index contributed by atoms with van der Waals surface area (Å²) in [4.78, 5) is 11.9. The molecule has 0 spiro atoms. The van der Waals surface area contributed by atoms with Crippen LogP contribution < -0.4 is 4.74 Å². The molecule has 2 rings (SSSR count). The van der Waals surface area contributed by atoms with Gasteiger partial charge in [0, 0.05) is 0 Å². The second-order valence-corrected chi connectivity index (χ2v) is 6.69. The number of carboxylic acid groups (broad SMARTS) is 1. The molecular formula is C18H26O3. The predicted octanol–water partition coefficient (Wildman–Crippen LogP) is 4.15. The van der Waals surface area contributed by atoms with Crippen molar-refractivity contribution in [3.05, 3.63) is 29.8 Å². The molecule has 0 heterocycles. The van der Waals surface area contributed by atoms with Crippen LogP contribution in [-0.2, 0) is 11.2 Å². The number of hydrogen-bond acceptors (Lipinski definition) is 2. The van der Waals surface area contributed by atoms with Crippen molar-refractivity contribution in [3.63, 3.8) is 0 Å². The summed E-state index contributed by atoms with van der Waals surface area (Å²) in [5.41, 5.74) is 0.501. The van der Waals surface area contributed by atoms with Gasteiger partial charge in [-0.05, 0) is 61.6 Å². The molecule has 1 aromatic carbocycles. The van der Waals surface area contributed by atoms with Crippen molar-refractivity contribution in [1.29, 1.82) is 0 Å². The lowest BCUT2D eigenvalue weighted by Gasteiger charge is -2.38. The Kier molecular flexibility index (Phi) is 4.92. The van der Waals surface area contributed by atoms with Gasteiger partial charge in [-0.1, -0.05) is 26.0 Å². The molecule has 0 aliphatic heterocycles. The van der Waals surface area contributed by atoms with Crippen LogP contribution in [0.2, 0.25) is 0 Å². The van der Waals surface area contributed by atoms with E-state index in [0.717, 1.165) is 37.0 Å². The largest absolute Gasteiger partial charge is 0.497 e. The molecule has 1 aliphatic carbocycles. The van der Waals surface area contributed by atoms with Gasteiger partial charge in [0.15, 0.2) is 0 Å². The van der Waals surface area contributed by atoms with E-state index in [0.29, 0.717) is 18.3 Å². The van der Waals surface area contributed by atoms with Crippen LogP contribution >= 0.6 is 0 Å². The third-order valence-electron chi connectivity index (χ3n) is 5.09. The highest BCUT2D eigenvalue weighted by atomic mass is 16.5. The third-order valence-corrected chi connectivity index (χ3v) is 5.09. The standard InChI is InChI=1S/C18H26O3/c1-13(2)15-8-10-18(11-9-15,17(19)20)12-14-4-6-16(21-3)7-5-14/h4-7,13,15H,8-12H2,1-3H3,(H,19,20). The van der Waals surface area contributed by atoms with E-state index < -0.39 is 11.4 Å². The molecule has 0 aromatic heterocycles. The molecule has 1 saturated carbocycles. The number of ether oxygens (including phenoxy) is 1. The molecule has 1 fully saturated rings. The Labute approximate surface area is 127 Å². The zero-order valence-electron chi connectivity index (χ0n) is 13.3. The van der Waals surface area contributed by atoms with Gasteiger partial charge in [-0.15, -0.1) is 0 Å². The number of methoxy groups -OCH3 is 1. The topological polar surface area (TPSA) is 46.5 Å². The Morgan fingerprint density at radius 1 is 1.29 bits per heavy atom. The number of aliphatic carboxylic acids is 1. The average molecular weight is 290 g/mol. The highest BCUT2D eigenvalue weighted by Gasteiger charge is 2.42. The minimum Gasteiger partial charge on any atom is -0.497 e. The molecule has 1 aromatic rings. The fourth-order valence-electron chi connectivity index (χ4n) is 3.46. The van der Waals surface area contributed by atoms with E-state index in [9.17, 15) is 9.90 Å². The summed E-state index contributed by atoms with van der Waals surface area (Å²) in [6.45, 7) is 4.48. The molecule has 1 N–H and O–H groups in total. The zero-order chi connectivity index (χ0) is 15.5. The number of carbonyl (C=O) groups is 1. The van der Waals surface area contributed by atoms with E-state index in [4.69, 9.17) is 4.74 Å². The summed E-state index contributed by atoms with van der Waals surface area (Å²) in [5, 5.41) is 9.75. The van der Waals surface area contributed by atoms with Crippen LogP contribution in [0.4, 0.5) is 0 Å². The highest BCUT2D eigenvalue weighted by Crippen LogP contribution is 2.44. The molecule has 0 unspecified atom stereocenters. The number of benzene rings is 1. The lowest BCUT2D eigenvalue weighted by Crippen LogP contribution is -2.38. The van der Waals surface area contributed by atoms with Crippen LogP contribution in [-0.4, -0.2) is 18.2 Å². The molecule has 0 amide bonds. The maximum Gasteiger partial charge on any atom is 0.309 e. The molecule has 0 radical (unpaired) electrons. The Balaban J connectivity index is 2.10. The van der Waals surface area contributed by atoms with E-state index in [1.165, 1.54) is 0 Å². The summed E-state index contributed by atoms with van der Waals surface area (Å²) < 4.78 is 5.16. The second kappa shape index (κ2) is 6.50. The fourth-order valence-corrected chi connectivity index (χ4v) is 3.46. The molecule has 1 aliphatic rings. The quantitative estimate of drug-likeness (QED) is 0.886. The molecule has 116 valence electrons. The first-order chi connectivity index (χ1) is 9.97. The summed E-state index contributed by atoms with van der Waals surface area (Å²) in [7, 11) is 1.64. The van der Waals surface area contributed by atoms with Crippen molar-refractivity contribution < 1.29 is 14.6 Å². The van der Waals surface area contributed by atoms with Crippen molar-refractivity contribution in [2.24, 2.45) is 17.3 Å². The summed E-state index contributed by atoms with van der Waals surface area (Å²) in [6.07, 6.45) is 4.26. The monoisotopic (exact) mass is 290 g/mol. The van der Waals surface area contributed by atoms with Gasteiger partial charge in [0.1, 0.15) is 5.75 Å². The van der Waals surface area contributed by atoms with Crippen molar-refractivity contribution in [1.82, 2.24) is 0 Å². The van der Waals surface area contributed by atoms with Gasteiger partial charge in [-0.25, -0.2) is 0 Å². The lowest BCUT2D eigenvalue weighted by molar-refractivity contribution is -0.151. The predicted molar refractivity (Wildman–Crippen MR) is 83.6 cm³/mol. The van der Waals surface area contributed by atoms with Crippen LogP contribution in [0.25, 0.3) is 0 Å². The van der Waals surface area contributed by atoms with Gasteiger partial charge in [0.25, 0.3) is 0 Å². The maximum atomic E-state index is 11.9. The fraction of sp³-hybridized carbons (Fsp3) is 0.611. The summed E-state index contributed by atoms with van der Waals surface area (Å²) in [5.74, 6) is 1.50. The number of hydrogen-bond donors (Lipinski definition) is 1. The molecule has 0 saturated heterocycles. The summed E-state index contributed by atoms with van der Waals surface area (Å²) >= 11 is 0.